The van der Waals surface area contributed by atoms with Crippen LogP contribution in [-0.2, 0) is 17.8 Å². The highest BCUT2D eigenvalue weighted by atomic mass is 16.5. The fraction of sp³-hybridized carbons (Fsp3) is 0.400. The molecule has 6 heteroatoms. The maximum absolute atomic E-state index is 11.4. The predicted molar refractivity (Wildman–Crippen MR) is 76.7 cm³/mol. The van der Waals surface area contributed by atoms with Gasteiger partial charge >= 0.3 is 0 Å². The number of amides is 1. The number of benzene rings is 1. The van der Waals surface area contributed by atoms with Crippen LogP contribution in [0.4, 0.5) is 0 Å². The van der Waals surface area contributed by atoms with Crippen molar-refractivity contribution in [2.24, 2.45) is 0 Å². The summed E-state index contributed by atoms with van der Waals surface area (Å²) in [6, 6.07) is 9.45. The van der Waals surface area contributed by atoms with Gasteiger partial charge in [0.15, 0.2) is 12.4 Å². The fourth-order valence-electron chi connectivity index (χ4n) is 1.77. The lowest BCUT2D eigenvalue weighted by Gasteiger charge is -2.14. The van der Waals surface area contributed by atoms with E-state index in [1.54, 1.807) is 11.9 Å². The Morgan fingerprint density at radius 1 is 1.33 bits per heavy atom. The molecule has 0 N–H and O–H groups in total. The van der Waals surface area contributed by atoms with Crippen molar-refractivity contribution in [3.05, 3.63) is 42.0 Å². The number of hydrogen-bond acceptors (Lipinski definition) is 5. The minimum absolute atomic E-state index is 0.103. The van der Waals surface area contributed by atoms with Gasteiger partial charge in [0.1, 0.15) is 5.75 Å². The number of likely N-dealkylation sites (N-methyl/N-ethyl adjacent to an activating group) is 1. The zero-order chi connectivity index (χ0) is 15.1. The second-order valence-corrected chi connectivity index (χ2v) is 4.62. The number of para-hydroxylation sites is 1. The summed E-state index contributed by atoms with van der Waals surface area (Å²) in [4.78, 5) is 17.3. The van der Waals surface area contributed by atoms with Crippen LogP contribution >= 0.6 is 0 Å². The zero-order valence-electron chi connectivity index (χ0n) is 12.3. The Balaban J connectivity index is 1.80. The molecule has 6 nitrogen and oxygen atoms in total. The van der Waals surface area contributed by atoms with Crippen LogP contribution in [0.1, 0.15) is 25.1 Å². The van der Waals surface area contributed by atoms with Gasteiger partial charge in [0.05, 0.1) is 0 Å². The lowest BCUT2D eigenvalue weighted by atomic mass is 10.3. The smallest absolute Gasteiger partial charge is 0.264 e. The van der Waals surface area contributed by atoms with Gasteiger partial charge in [-0.1, -0.05) is 30.3 Å². The molecule has 0 fully saturated rings. The fourth-order valence-corrected chi connectivity index (χ4v) is 1.77. The SMILES string of the molecule is CCC(=O)N(C)CCc1noc(COc2ccccc2)n1. The van der Waals surface area contributed by atoms with Crippen molar-refractivity contribution in [1.82, 2.24) is 15.0 Å². The molecule has 0 aliphatic rings. The van der Waals surface area contributed by atoms with E-state index in [2.05, 4.69) is 10.1 Å². The first-order chi connectivity index (χ1) is 10.2. The van der Waals surface area contributed by atoms with Gasteiger partial charge in [-0.3, -0.25) is 4.79 Å². The maximum Gasteiger partial charge on any atom is 0.264 e. The van der Waals surface area contributed by atoms with Crippen molar-refractivity contribution in [2.75, 3.05) is 13.6 Å². The molecule has 1 aromatic carbocycles. The van der Waals surface area contributed by atoms with E-state index in [0.29, 0.717) is 31.1 Å². The number of nitrogens with zero attached hydrogens (tertiary/aromatic N) is 3. The molecule has 0 unspecified atom stereocenters. The van der Waals surface area contributed by atoms with Gasteiger partial charge in [-0.15, -0.1) is 0 Å². The average Bonchev–Trinajstić information content (AvgIpc) is 2.98. The third kappa shape index (κ3) is 4.59. The van der Waals surface area contributed by atoms with Crippen molar-refractivity contribution in [1.29, 1.82) is 0 Å². The van der Waals surface area contributed by atoms with Gasteiger partial charge in [-0.25, -0.2) is 0 Å². The molecule has 112 valence electrons. The molecule has 2 aromatic rings. The Bertz CT molecular complexity index is 569. The molecule has 0 radical (unpaired) electrons. The predicted octanol–water partition coefficient (Wildman–Crippen LogP) is 2.06. The summed E-state index contributed by atoms with van der Waals surface area (Å²) in [5.41, 5.74) is 0. The van der Waals surface area contributed by atoms with Crippen LogP contribution in [0.15, 0.2) is 34.9 Å². The summed E-state index contributed by atoms with van der Waals surface area (Å²) in [5.74, 6) is 1.87. The molecule has 0 spiro atoms. The Hall–Kier alpha value is -2.37. The molecule has 0 aliphatic heterocycles. The second-order valence-electron chi connectivity index (χ2n) is 4.62. The van der Waals surface area contributed by atoms with Gasteiger partial charge in [0, 0.05) is 26.4 Å². The first-order valence-electron chi connectivity index (χ1n) is 6.92. The topological polar surface area (TPSA) is 68.5 Å². The quantitative estimate of drug-likeness (QED) is 0.780. The minimum Gasteiger partial charge on any atom is -0.484 e. The van der Waals surface area contributed by atoms with Gasteiger partial charge in [-0.2, -0.15) is 4.98 Å². The molecule has 2 rings (SSSR count). The van der Waals surface area contributed by atoms with Crippen molar-refractivity contribution in [3.8, 4) is 5.75 Å². The van der Waals surface area contributed by atoms with Crippen LogP contribution in [0, 0.1) is 0 Å². The molecular weight excluding hydrogens is 270 g/mol. The molecule has 1 aromatic heterocycles. The summed E-state index contributed by atoms with van der Waals surface area (Å²) in [7, 11) is 1.77. The average molecular weight is 289 g/mol. The van der Waals surface area contributed by atoms with Gasteiger partial charge in [-0.05, 0) is 12.1 Å². The largest absolute Gasteiger partial charge is 0.484 e. The third-order valence-corrected chi connectivity index (χ3v) is 3.01. The van der Waals surface area contributed by atoms with Gasteiger partial charge in [0.25, 0.3) is 5.89 Å². The number of aromatic nitrogens is 2. The number of rotatable bonds is 7. The second kappa shape index (κ2) is 7.42. The molecule has 21 heavy (non-hydrogen) atoms. The molecule has 1 amide bonds. The molecule has 0 saturated heterocycles. The van der Waals surface area contributed by atoms with Crippen molar-refractivity contribution in [2.45, 2.75) is 26.4 Å². The first-order valence-corrected chi connectivity index (χ1v) is 6.92. The number of hydrogen-bond donors (Lipinski definition) is 0. The number of ether oxygens (including phenoxy) is 1. The molecular formula is C15H19N3O3. The van der Waals surface area contributed by atoms with Crippen LogP contribution in [0.3, 0.4) is 0 Å². The van der Waals surface area contributed by atoms with Crippen molar-refractivity contribution >= 4 is 5.91 Å². The highest BCUT2D eigenvalue weighted by molar-refractivity contribution is 5.75. The van der Waals surface area contributed by atoms with Gasteiger partial charge < -0.3 is 14.2 Å². The molecule has 1 heterocycles. The summed E-state index contributed by atoms with van der Waals surface area (Å²) in [6.07, 6.45) is 1.07. The Labute approximate surface area is 123 Å². The number of carbonyl (C=O) groups is 1. The van der Waals surface area contributed by atoms with Crippen LogP contribution in [0.2, 0.25) is 0 Å². The highest BCUT2D eigenvalue weighted by Crippen LogP contribution is 2.10. The van der Waals surface area contributed by atoms with E-state index in [4.69, 9.17) is 9.26 Å². The minimum atomic E-state index is 0.103. The normalized spacial score (nSPS) is 10.4. The summed E-state index contributed by atoms with van der Waals surface area (Å²) >= 11 is 0. The van der Waals surface area contributed by atoms with Crippen LogP contribution < -0.4 is 4.74 Å². The van der Waals surface area contributed by atoms with Crippen molar-refractivity contribution in [3.63, 3.8) is 0 Å². The Kier molecular flexibility index (Phi) is 5.31. The third-order valence-electron chi connectivity index (χ3n) is 3.01. The standard InChI is InChI=1S/C15H19N3O3/c1-3-15(19)18(2)10-9-13-16-14(21-17-13)11-20-12-7-5-4-6-8-12/h4-8H,3,9-11H2,1-2H3. The first kappa shape index (κ1) is 15.0. The molecule has 0 aliphatic carbocycles. The monoisotopic (exact) mass is 289 g/mol. The summed E-state index contributed by atoms with van der Waals surface area (Å²) in [5, 5.41) is 3.88. The van der Waals surface area contributed by atoms with Gasteiger partial charge in [0.2, 0.25) is 5.91 Å². The van der Waals surface area contributed by atoms with Crippen LogP contribution in [0.5, 0.6) is 5.75 Å². The zero-order valence-corrected chi connectivity index (χ0v) is 12.3. The lowest BCUT2D eigenvalue weighted by Crippen LogP contribution is -2.28. The van der Waals surface area contributed by atoms with E-state index in [0.717, 1.165) is 5.75 Å². The number of carbonyl (C=O) groups excluding carboxylic acids is 1. The van der Waals surface area contributed by atoms with E-state index in [1.807, 2.05) is 37.3 Å². The lowest BCUT2D eigenvalue weighted by molar-refractivity contribution is -0.129. The van der Waals surface area contributed by atoms with E-state index in [9.17, 15) is 4.79 Å². The van der Waals surface area contributed by atoms with Crippen molar-refractivity contribution < 1.29 is 14.1 Å². The molecule has 0 bridgehead atoms. The van der Waals surface area contributed by atoms with Crippen LogP contribution in [-0.4, -0.2) is 34.5 Å². The summed E-state index contributed by atoms with van der Waals surface area (Å²) < 4.78 is 10.6. The Morgan fingerprint density at radius 3 is 2.81 bits per heavy atom. The maximum atomic E-state index is 11.4. The van der Waals surface area contributed by atoms with E-state index >= 15 is 0 Å². The molecule has 0 saturated carbocycles. The van der Waals surface area contributed by atoms with E-state index < -0.39 is 0 Å². The summed E-state index contributed by atoms with van der Waals surface area (Å²) in [6.45, 7) is 2.65. The molecule has 0 atom stereocenters. The Morgan fingerprint density at radius 2 is 2.10 bits per heavy atom. The highest BCUT2D eigenvalue weighted by Gasteiger charge is 2.10. The van der Waals surface area contributed by atoms with E-state index in [1.165, 1.54) is 0 Å². The van der Waals surface area contributed by atoms with Crippen LogP contribution in [0.25, 0.3) is 0 Å². The van der Waals surface area contributed by atoms with E-state index in [-0.39, 0.29) is 12.5 Å².